The van der Waals surface area contributed by atoms with E-state index in [2.05, 4.69) is 40.3 Å². The zero-order valence-electron chi connectivity index (χ0n) is 14.8. The molecule has 0 aliphatic carbocycles. The maximum Gasteiger partial charge on any atom is 0.270 e. The van der Waals surface area contributed by atoms with E-state index in [-0.39, 0.29) is 17.7 Å². The van der Waals surface area contributed by atoms with E-state index in [0.717, 1.165) is 17.9 Å². The fourth-order valence-corrected chi connectivity index (χ4v) is 3.21. The zero-order valence-corrected chi connectivity index (χ0v) is 14.8. The Morgan fingerprint density at radius 3 is 3.08 bits per heavy atom. The van der Waals surface area contributed by atoms with E-state index < -0.39 is 0 Å². The third kappa shape index (κ3) is 3.12. The number of rotatable bonds is 4. The van der Waals surface area contributed by atoms with E-state index in [9.17, 15) is 4.79 Å². The molecule has 0 radical (unpaired) electrons. The van der Waals surface area contributed by atoms with Gasteiger partial charge in [0.05, 0.1) is 12.3 Å². The predicted octanol–water partition coefficient (Wildman–Crippen LogP) is 2.23. The number of benzene rings is 1. The van der Waals surface area contributed by atoms with Crippen molar-refractivity contribution in [2.45, 2.75) is 26.2 Å². The summed E-state index contributed by atoms with van der Waals surface area (Å²) in [5.74, 6) is 1.63. The zero-order chi connectivity index (χ0) is 18.1. The second kappa shape index (κ2) is 6.74. The molecule has 1 aliphatic heterocycles. The highest BCUT2D eigenvalue weighted by Crippen LogP contribution is 2.26. The van der Waals surface area contributed by atoms with Gasteiger partial charge in [-0.15, -0.1) is 0 Å². The fraction of sp³-hybridized carbons (Fsp3) is 0.368. The van der Waals surface area contributed by atoms with Gasteiger partial charge in [-0.05, 0) is 30.0 Å². The number of fused-ring (bicyclic) bond motifs is 2. The molecule has 3 aromatic rings. The van der Waals surface area contributed by atoms with Gasteiger partial charge in [-0.25, -0.2) is 9.50 Å². The monoisotopic (exact) mass is 351 g/mol. The largest absolute Gasteiger partial charge is 0.493 e. The van der Waals surface area contributed by atoms with Crippen LogP contribution in [-0.2, 0) is 6.42 Å². The molecule has 0 unspecified atom stereocenters. The van der Waals surface area contributed by atoms with E-state index >= 15 is 0 Å². The van der Waals surface area contributed by atoms with Gasteiger partial charge in [0.1, 0.15) is 17.8 Å². The van der Waals surface area contributed by atoms with Gasteiger partial charge in [-0.2, -0.15) is 10.1 Å². The molecule has 2 aromatic heterocycles. The number of carbonyl (C=O) groups is 1. The highest BCUT2D eigenvalue weighted by Gasteiger charge is 2.21. The molecular formula is C19H21N5O2. The summed E-state index contributed by atoms with van der Waals surface area (Å²) >= 11 is 0. The van der Waals surface area contributed by atoms with Crippen LogP contribution in [-0.4, -0.2) is 38.6 Å². The average Bonchev–Trinajstić information content (AvgIpc) is 3.13. The maximum atomic E-state index is 12.6. The van der Waals surface area contributed by atoms with Crippen LogP contribution in [0.1, 0.15) is 41.5 Å². The minimum atomic E-state index is -0.198. The lowest BCUT2D eigenvalue weighted by Crippen LogP contribution is -2.35. The number of ether oxygens (including phenoxy) is 1. The van der Waals surface area contributed by atoms with Gasteiger partial charge in [0, 0.05) is 12.5 Å². The fourth-order valence-electron chi connectivity index (χ4n) is 3.21. The molecule has 134 valence electrons. The third-order valence-corrected chi connectivity index (χ3v) is 4.61. The van der Waals surface area contributed by atoms with Gasteiger partial charge in [-0.1, -0.05) is 32.0 Å². The number of amides is 1. The van der Waals surface area contributed by atoms with Crippen molar-refractivity contribution in [3.8, 4) is 5.75 Å². The Labute approximate surface area is 151 Å². The van der Waals surface area contributed by atoms with Crippen molar-refractivity contribution in [3.05, 3.63) is 53.6 Å². The Bertz CT molecular complexity index is 950. The summed E-state index contributed by atoms with van der Waals surface area (Å²) in [5.41, 5.74) is 2.46. The second-order valence-electron chi connectivity index (χ2n) is 6.89. The normalized spacial score (nSPS) is 16.3. The number of nitrogens with one attached hydrogen (secondary N) is 1. The SMILES string of the molecule is CC(C)c1cc(C(=O)NC[C@@H]2COc3ccccc3C2)nc2ncnn12. The van der Waals surface area contributed by atoms with Crippen LogP contribution in [0.4, 0.5) is 0 Å². The Morgan fingerprint density at radius 1 is 1.38 bits per heavy atom. The summed E-state index contributed by atoms with van der Waals surface area (Å²) in [4.78, 5) is 21.0. The third-order valence-electron chi connectivity index (χ3n) is 4.61. The molecule has 4 rings (SSSR count). The first-order chi connectivity index (χ1) is 12.6. The van der Waals surface area contributed by atoms with Crippen LogP contribution < -0.4 is 10.1 Å². The maximum absolute atomic E-state index is 12.6. The Hall–Kier alpha value is -2.96. The van der Waals surface area contributed by atoms with E-state index in [4.69, 9.17) is 4.74 Å². The van der Waals surface area contributed by atoms with Crippen molar-refractivity contribution in [2.24, 2.45) is 5.92 Å². The van der Waals surface area contributed by atoms with Crippen molar-refractivity contribution >= 4 is 11.7 Å². The van der Waals surface area contributed by atoms with Gasteiger partial charge < -0.3 is 10.1 Å². The van der Waals surface area contributed by atoms with Crippen LogP contribution in [0.3, 0.4) is 0 Å². The van der Waals surface area contributed by atoms with Crippen molar-refractivity contribution < 1.29 is 9.53 Å². The molecule has 3 heterocycles. The van der Waals surface area contributed by atoms with Crippen molar-refractivity contribution in [2.75, 3.05) is 13.2 Å². The van der Waals surface area contributed by atoms with Crippen LogP contribution in [0.15, 0.2) is 36.7 Å². The molecule has 1 aliphatic rings. The molecule has 0 bridgehead atoms. The summed E-state index contributed by atoms with van der Waals surface area (Å²) in [6.07, 6.45) is 2.34. The molecule has 1 N–H and O–H groups in total. The molecule has 0 fully saturated rings. The number of hydrogen-bond donors (Lipinski definition) is 1. The van der Waals surface area contributed by atoms with E-state index in [1.165, 1.54) is 11.9 Å². The number of nitrogens with zero attached hydrogens (tertiary/aromatic N) is 4. The van der Waals surface area contributed by atoms with Gasteiger partial charge in [0.25, 0.3) is 11.7 Å². The van der Waals surface area contributed by atoms with Crippen LogP contribution in [0, 0.1) is 5.92 Å². The first kappa shape index (κ1) is 16.5. The van der Waals surface area contributed by atoms with E-state index in [1.54, 1.807) is 10.6 Å². The smallest absolute Gasteiger partial charge is 0.270 e. The number of para-hydroxylation sites is 1. The molecule has 26 heavy (non-hydrogen) atoms. The molecule has 1 amide bonds. The van der Waals surface area contributed by atoms with E-state index in [0.29, 0.717) is 24.6 Å². The van der Waals surface area contributed by atoms with Crippen LogP contribution in [0.5, 0.6) is 5.75 Å². The molecule has 1 atom stereocenters. The molecule has 1 aromatic carbocycles. The van der Waals surface area contributed by atoms with Crippen molar-refractivity contribution in [3.63, 3.8) is 0 Å². The average molecular weight is 351 g/mol. The molecule has 7 nitrogen and oxygen atoms in total. The van der Waals surface area contributed by atoms with E-state index in [1.807, 2.05) is 18.2 Å². The molecular weight excluding hydrogens is 330 g/mol. The lowest BCUT2D eigenvalue weighted by Gasteiger charge is -2.25. The Morgan fingerprint density at radius 2 is 2.23 bits per heavy atom. The second-order valence-corrected chi connectivity index (χ2v) is 6.89. The summed E-state index contributed by atoms with van der Waals surface area (Å²) in [5, 5.41) is 7.16. The van der Waals surface area contributed by atoms with Gasteiger partial charge >= 0.3 is 0 Å². The molecule has 0 spiro atoms. The lowest BCUT2D eigenvalue weighted by atomic mass is 9.97. The lowest BCUT2D eigenvalue weighted by molar-refractivity contribution is 0.0934. The number of hydrogen-bond acceptors (Lipinski definition) is 5. The number of carbonyl (C=O) groups excluding carboxylic acids is 1. The first-order valence-electron chi connectivity index (χ1n) is 8.81. The Balaban J connectivity index is 1.46. The number of aromatic nitrogens is 4. The minimum Gasteiger partial charge on any atom is -0.493 e. The van der Waals surface area contributed by atoms with Crippen molar-refractivity contribution in [1.82, 2.24) is 24.9 Å². The molecule has 0 saturated carbocycles. The van der Waals surface area contributed by atoms with Gasteiger partial charge in [0.2, 0.25) is 0 Å². The highest BCUT2D eigenvalue weighted by molar-refractivity contribution is 5.92. The summed E-state index contributed by atoms with van der Waals surface area (Å²) in [7, 11) is 0. The topological polar surface area (TPSA) is 81.4 Å². The predicted molar refractivity (Wildman–Crippen MR) is 96.3 cm³/mol. The van der Waals surface area contributed by atoms with Gasteiger partial charge in [-0.3, -0.25) is 4.79 Å². The minimum absolute atomic E-state index is 0.198. The van der Waals surface area contributed by atoms with Gasteiger partial charge in [0.15, 0.2) is 0 Å². The molecule has 0 saturated heterocycles. The highest BCUT2D eigenvalue weighted by atomic mass is 16.5. The van der Waals surface area contributed by atoms with Crippen LogP contribution in [0.25, 0.3) is 5.78 Å². The Kier molecular flexibility index (Phi) is 4.28. The first-order valence-corrected chi connectivity index (χ1v) is 8.81. The summed E-state index contributed by atoms with van der Waals surface area (Å²) in [6, 6.07) is 9.82. The molecule has 7 heteroatoms. The van der Waals surface area contributed by atoms with Crippen LogP contribution >= 0.6 is 0 Å². The standard InChI is InChI=1S/C19H21N5O2/c1-12(2)16-8-15(23-19-21-11-22-24(16)19)18(25)20-9-13-7-14-5-3-4-6-17(14)26-10-13/h3-6,8,11-13H,7,9-10H2,1-2H3,(H,20,25)/t13-/m1/s1. The summed E-state index contributed by atoms with van der Waals surface area (Å²) < 4.78 is 7.46. The van der Waals surface area contributed by atoms with Crippen molar-refractivity contribution in [1.29, 1.82) is 0 Å². The summed E-state index contributed by atoms with van der Waals surface area (Å²) in [6.45, 7) is 5.25. The van der Waals surface area contributed by atoms with Crippen LogP contribution in [0.2, 0.25) is 0 Å². The quantitative estimate of drug-likeness (QED) is 0.779.